The molecule has 80 valence electrons. The first kappa shape index (κ1) is 13.4. The van der Waals surface area contributed by atoms with E-state index in [1.54, 1.807) is 14.2 Å². The van der Waals surface area contributed by atoms with Crippen LogP contribution in [-0.2, 0) is 8.85 Å². The lowest BCUT2D eigenvalue weighted by Gasteiger charge is -2.28. The zero-order valence-electron chi connectivity index (χ0n) is 8.99. The van der Waals surface area contributed by atoms with Gasteiger partial charge in [-0.1, -0.05) is 0 Å². The molecule has 1 unspecified atom stereocenters. The predicted octanol–water partition coefficient (Wildman–Crippen LogP) is 0.679. The fourth-order valence-electron chi connectivity index (χ4n) is 1.35. The first-order valence-corrected chi connectivity index (χ1v) is 6.74. The first-order chi connectivity index (χ1) is 6.17. The lowest BCUT2D eigenvalue weighted by atomic mass is 10.3. The molecule has 0 spiro atoms. The number of hydrogen-bond acceptors (Lipinski definition) is 4. The van der Waals surface area contributed by atoms with Crippen LogP contribution in [-0.4, -0.2) is 53.9 Å². The van der Waals surface area contributed by atoms with Crippen molar-refractivity contribution in [2.75, 3.05) is 34.1 Å². The summed E-state index contributed by atoms with van der Waals surface area (Å²) in [5.74, 6) is 0.929. The van der Waals surface area contributed by atoms with Crippen molar-refractivity contribution in [2.45, 2.75) is 18.5 Å². The minimum atomic E-state index is -1.50. The number of rotatable bonds is 7. The Labute approximate surface area is 88.7 Å². The van der Waals surface area contributed by atoms with Gasteiger partial charge in [-0.3, -0.25) is 0 Å². The Bertz CT molecular complexity index is 123. The summed E-state index contributed by atoms with van der Waals surface area (Å²) in [4.78, 5) is 2.19. The standard InChI is InChI=1S/C8H21NO2SSi/c1-9(2)8(6-5-7-12)13(10-3)11-4/h8,12-13H,5-7H2,1-4H3. The summed E-state index contributed by atoms with van der Waals surface area (Å²) in [7, 11) is 6.10. The van der Waals surface area contributed by atoms with Crippen molar-refractivity contribution in [3.63, 3.8) is 0 Å². The molecule has 0 N–H and O–H groups in total. The van der Waals surface area contributed by atoms with E-state index in [2.05, 4.69) is 31.6 Å². The van der Waals surface area contributed by atoms with Crippen LogP contribution < -0.4 is 0 Å². The molecule has 0 bridgehead atoms. The zero-order chi connectivity index (χ0) is 10.3. The van der Waals surface area contributed by atoms with Crippen LogP contribution in [0.15, 0.2) is 0 Å². The van der Waals surface area contributed by atoms with E-state index < -0.39 is 9.28 Å². The highest BCUT2D eigenvalue weighted by atomic mass is 32.1. The molecule has 0 aromatic heterocycles. The maximum absolute atomic E-state index is 5.37. The average molecular weight is 223 g/mol. The van der Waals surface area contributed by atoms with Crippen LogP contribution in [0.5, 0.6) is 0 Å². The summed E-state index contributed by atoms with van der Waals surface area (Å²) in [6.45, 7) is 0. The molecule has 0 heterocycles. The van der Waals surface area contributed by atoms with E-state index in [0.29, 0.717) is 5.67 Å². The van der Waals surface area contributed by atoms with E-state index in [1.165, 1.54) is 0 Å². The van der Waals surface area contributed by atoms with Gasteiger partial charge >= 0.3 is 9.28 Å². The highest BCUT2D eigenvalue weighted by Crippen LogP contribution is 2.09. The molecule has 0 aromatic rings. The summed E-state index contributed by atoms with van der Waals surface area (Å²) in [5.41, 5.74) is 0.446. The second-order valence-electron chi connectivity index (χ2n) is 3.24. The number of thiol groups is 1. The highest BCUT2D eigenvalue weighted by molar-refractivity contribution is 7.80. The summed E-state index contributed by atoms with van der Waals surface area (Å²) in [5, 5.41) is 0. The lowest BCUT2D eigenvalue weighted by molar-refractivity contribution is 0.216. The van der Waals surface area contributed by atoms with Crippen molar-refractivity contribution >= 4 is 21.9 Å². The Kier molecular flexibility index (Phi) is 8.08. The van der Waals surface area contributed by atoms with Crippen molar-refractivity contribution < 1.29 is 8.85 Å². The van der Waals surface area contributed by atoms with Crippen LogP contribution in [0.1, 0.15) is 12.8 Å². The monoisotopic (exact) mass is 223 g/mol. The molecule has 0 aliphatic rings. The SMILES string of the molecule is CO[SiH](OC)C(CCCS)N(C)C. The van der Waals surface area contributed by atoms with Crippen molar-refractivity contribution in [2.24, 2.45) is 0 Å². The highest BCUT2D eigenvalue weighted by Gasteiger charge is 2.25. The van der Waals surface area contributed by atoms with Gasteiger partial charge in [-0.25, -0.2) is 0 Å². The Morgan fingerprint density at radius 3 is 2.15 bits per heavy atom. The quantitative estimate of drug-likeness (QED) is 0.507. The predicted molar refractivity (Wildman–Crippen MR) is 61.7 cm³/mol. The minimum Gasteiger partial charge on any atom is -0.399 e. The van der Waals surface area contributed by atoms with Crippen LogP contribution in [0.4, 0.5) is 0 Å². The molecular weight excluding hydrogens is 202 g/mol. The molecule has 0 rings (SSSR count). The van der Waals surface area contributed by atoms with Crippen molar-refractivity contribution in [3.8, 4) is 0 Å². The fraction of sp³-hybridized carbons (Fsp3) is 1.00. The molecule has 0 fully saturated rings. The number of nitrogens with zero attached hydrogens (tertiary/aromatic N) is 1. The van der Waals surface area contributed by atoms with Gasteiger partial charge in [-0.2, -0.15) is 12.6 Å². The van der Waals surface area contributed by atoms with Crippen LogP contribution in [0.3, 0.4) is 0 Å². The third-order valence-electron chi connectivity index (χ3n) is 2.10. The molecule has 0 aliphatic heterocycles. The molecule has 1 atom stereocenters. The van der Waals surface area contributed by atoms with E-state index in [1.807, 2.05) is 0 Å². The Morgan fingerprint density at radius 1 is 1.31 bits per heavy atom. The van der Waals surface area contributed by atoms with E-state index in [4.69, 9.17) is 8.85 Å². The van der Waals surface area contributed by atoms with Gasteiger partial charge < -0.3 is 13.8 Å². The first-order valence-electron chi connectivity index (χ1n) is 4.50. The molecule has 0 aromatic carbocycles. The van der Waals surface area contributed by atoms with Crippen LogP contribution in [0.25, 0.3) is 0 Å². The van der Waals surface area contributed by atoms with Crippen LogP contribution in [0, 0.1) is 0 Å². The van der Waals surface area contributed by atoms with Crippen LogP contribution >= 0.6 is 12.6 Å². The third-order valence-corrected chi connectivity index (χ3v) is 4.90. The Morgan fingerprint density at radius 2 is 1.85 bits per heavy atom. The summed E-state index contributed by atoms with van der Waals surface area (Å²) in [6, 6.07) is 0. The zero-order valence-corrected chi connectivity index (χ0v) is 11.0. The van der Waals surface area contributed by atoms with Gasteiger partial charge in [0.2, 0.25) is 0 Å². The fourth-order valence-corrected chi connectivity index (χ4v) is 3.35. The second-order valence-corrected chi connectivity index (χ2v) is 6.13. The van der Waals surface area contributed by atoms with E-state index >= 15 is 0 Å². The third kappa shape index (κ3) is 5.02. The van der Waals surface area contributed by atoms with Crippen molar-refractivity contribution in [1.29, 1.82) is 0 Å². The van der Waals surface area contributed by atoms with E-state index in [-0.39, 0.29) is 0 Å². The summed E-state index contributed by atoms with van der Waals surface area (Å²) in [6.07, 6.45) is 2.22. The molecule has 0 radical (unpaired) electrons. The summed E-state index contributed by atoms with van der Waals surface area (Å²) >= 11 is 4.21. The Hall–Kier alpha value is 0.447. The topological polar surface area (TPSA) is 21.7 Å². The van der Waals surface area contributed by atoms with Gasteiger partial charge in [0.25, 0.3) is 0 Å². The van der Waals surface area contributed by atoms with Crippen molar-refractivity contribution in [3.05, 3.63) is 0 Å². The van der Waals surface area contributed by atoms with Gasteiger partial charge in [0.05, 0.1) is 0 Å². The molecule has 0 aliphatic carbocycles. The average Bonchev–Trinajstić information content (AvgIpc) is 2.11. The van der Waals surface area contributed by atoms with Gasteiger partial charge in [0, 0.05) is 19.9 Å². The van der Waals surface area contributed by atoms with E-state index in [9.17, 15) is 0 Å². The number of hydrogen-bond donors (Lipinski definition) is 1. The largest absolute Gasteiger partial charge is 0.399 e. The maximum atomic E-state index is 5.37. The lowest BCUT2D eigenvalue weighted by Crippen LogP contribution is -2.45. The molecule has 5 heteroatoms. The smallest absolute Gasteiger partial charge is 0.338 e. The second kappa shape index (κ2) is 7.81. The minimum absolute atomic E-state index is 0.446. The molecule has 13 heavy (non-hydrogen) atoms. The van der Waals surface area contributed by atoms with E-state index in [0.717, 1.165) is 18.6 Å². The Balaban J connectivity index is 4.04. The van der Waals surface area contributed by atoms with Gasteiger partial charge in [0.1, 0.15) is 0 Å². The molecular formula is C8H21NO2SSi. The van der Waals surface area contributed by atoms with Crippen LogP contribution in [0.2, 0.25) is 0 Å². The normalized spacial score (nSPS) is 14.1. The van der Waals surface area contributed by atoms with Crippen molar-refractivity contribution in [1.82, 2.24) is 4.90 Å². The van der Waals surface area contributed by atoms with Gasteiger partial charge in [-0.05, 0) is 32.7 Å². The summed E-state index contributed by atoms with van der Waals surface area (Å²) < 4.78 is 10.7. The molecule has 0 saturated carbocycles. The maximum Gasteiger partial charge on any atom is 0.338 e. The molecule has 0 amide bonds. The molecule has 3 nitrogen and oxygen atoms in total. The van der Waals surface area contributed by atoms with Gasteiger partial charge in [0.15, 0.2) is 0 Å². The molecule has 0 saturated heterocycles. The van der Waals surface area contributed by atoms with Gasteiger partial charge in [-0.15, -0.1) is 0 Å².